The molecule has 4 rings (SSSR count). The van der Waals surface area contributed by atoms with E-state index < -0.39 is 0 Å². The second-order valence-corrected chi connectivity index (χ2v) is 9.70. The summed E-state index contributed by atoms with van der Waals surface area (Å²) in [7, 11) is 0. The van der Waals surface area contributed by atoms with E-state index in [2.05, 4.69) is 78.8 Å². The zero-order valence-electron chi connectivity index (χ0n) is 17.5. The molecule has 0 radical (unpaired) electrons. The van der Waals surface area contributed by atoms with Crippen molar-refractivity contribution in [2.24, 2.45) is 0 Å². The van der Waals surface area contributed by atoms with Crippen LogP contribution in [-0.4, -0.2) is 24.9 Å². The molecule has 2 heterocycles. The molecular weight excluding hydrogens is 415 g/mol. The Bertz CT molecular complexity index is 1150. The quantitative estimate of drug-likeness (QED) is 0.503. The van der Waals surface area contributed by atoms with Crippen LogP contribution in [-0.2, 0) is 6.54 Å². The van der Waals surface area contributed by atoms with Gasteiger partial charge < -0.3 is 10.0 Å². The van der Waals surface area contributed by atoms with Crippen LogP contribution in [0.15, 0.2) is 58.0 Å². The predicted molar refractivity (Wildman–Crippen MR) is 126 cm³/mol. The predicted octanol–water partition coefficient (Wildman–Crippen LogP) is 5.62. The Hall–Kier alpha value is -2.15. The van der Waals surface area contributed by atoms with E-state index in [-0.39, 0.29) is 13.3 Å². The molecule has 3 aromatic rings. The lowest BCUT2D eigenvalue weighted by atomic mass is 10.2. The van der Waals surface area contributed by atoms with Gasteiger partial charge >= 0.3 is 0 Å². The molecule has 6 heteroatoms. The van der Waals surface area contributed by atoms with Gasteiger partial charge in [-0.05, 0) is 61.7 Å². The van der Waals surface area contributed by atoms with Gasteiger partial charge in [-0.25, -0.2) is 4.39 Å². The maximum atomic E-state index is 13.3. The summed E-state index contributed by atoms with van der Waals surface area (Å²) in [4.78, 5) is 3.38. The van der Waals surface area contributed by atoms with Crippen LogP contribution in [0.2, 0.25) is 0 Å². The molecule has 0 spiro atoms. The number of alkyl halides is 1. The molecule has 0 aliphatic carbocycles. The molecule has 1 aliphatic heterocycles. The highest BCUT2D eigenvalue weighted by atomic mass is 32.2. The summed E-state index contributed by atoms with van der Waals surface area (Å²) in [5.74, 6) is 0. The highest BCUT2D eigenvalue weighted by Gasteiger charge is 2.25. The number of hydrogen-bond donors (Lipinski definition) is 1. The van der Waals surface area contributed by atoms with Crippen LogP contribution >= 0.6 is 23.1 Å². The van der Waals surface area contributed by atoms with Gasteiger partial charge in [0.2, 0.25) is 5.52 Å². The van der Waals surface area contributed by atoms with Crippen molar-refractivity contribution in [1.29, 1.82) is 0 Å². The first-order valence-electron chi connectivity index (χ1n) is 10.1. The second kappa shape index (κ2) is 8.92. The average molecular weight is 442 g/mol. The first kappa shape index (κ1) is 21.1. The van der Waals surface area contributed by atoms with Gasteiger partial charge in [-0.1, -0.05) is 35.2 Å². The molecule has 3 nitrogen and oxygen atoms in total. The van der Waals surface area contributed by atoms with Crippen LogP contribution in [0.1, 0.15) is 23.1 Å². The molecule has 2 aromatic carbocycles. The van der Waals surface area contributed by atoms with E-state index in [0.717, 1.165) is 26.8 Å². The van der Waals surface area contributed by atoms with Gasteiger partial charge in [-0.3, -0.25) is 0 Å². The number of hydrogen-bond acceptors (Lipinski definition) is 4. The Morgan fingerprint density at radius 2 is 1.93 bits per heavy atom. The Morgan fingerprint density at radius 1 is 1.17 bits per heavy atom. The zero-order chi connectivity index (χ0) is 21.3. The number of rotatable bonds is 6. The Labute approximate surface area is 185 Å². The third-order valence-electron chi connectivity index (χ3n) is 5.11. The van der Waals surface area contributed by atoms with Gasteiger partial charge in [0.25, 0.3) is 5.01 Å². The van der Waals surface area contributed by atoms with Crippen molar-refractivity contribution in [3.8, 4) is 0 Å². The molecule has 156 valence electrons. The first-order valence-corrected chi connectivity index (χ1v) is 11.7. The zero-order valence-corrected chi connectivity index (χ0v) is 19.1. The third kappa shape index (κ3) is 4.17. The molecule has 30 heavy (non-hydrogen) atoms. The maximum Gasteiger partial charge on any atom is 0.263 e. The van der Waals surface area contributed by atoms with E-state index in [4.69, 9.17) is 0 Å². The van der Waals surface area contributed by atoms with Gasteiger partial charge in [0, 0.05) is 23.6 Å². The fourth-order valence-corrected chi connectivity index (χ4v) is 6.07. The smallest absolute Gasteiger partial charge is 0.263 e. The van der Waals surface area contributed by atoms with Gasteiger partial charge in [0.1, 0.15) is 11.4 Å². The van der Waals surface area contributed by atoms with Crippen LogP contribution in [0.5, 0.6) is 0 Å². The van der Waals surface area contributed by atoms with E-state index in [0.29, 0.717) is 13.1 Å². The second-order valence-electron chi connectivity index (χ2n) is 7.57. The number of aliphatic hydroxyl groups excluding tert-OH is 1. The van der Waals surface area contributed by atoms with Crippen LogP contribution in [0.3, 0.4) is 0 Å². The van der Waals surface area contributed by atoms with Crippen LogP contribution < -0.4 is 9.47 Å². The van der Waals surface area contributed by atoms with E-state index >= 15 is 0 Å². The summed E-state index contributed by atoms with van der Waals surface area (Å²) in [6.45, 7) is 6.85. The number of thiazole rings is 1. The number of thioether (sulfide) groups is 1. The molecule has 1 N–H and O–H groups in total. The van der Waals surface area contributed by atoms with E-state index in [9.17, 15) is 9.50 Å². The standard InChI is InChI=1S/C24H26FN2OS2/c1-16-4-6-21-19(12-16)26(9-8-25)23(29-21)14-18(3)15-24-27(10-11-28)20-13-17(2)5-7-22(20)30-24/h4-7,12-15,28H,8-11H2,1-3H3/q+1. The number of allylic oxidation sites excluding steroid dienone is 2. The molecule has 0 bridgehead atoms. The van der Waals surface area contributed by atoms with E-state index in [1.165, 1.54) is 20.7 Å². The number of halogens is 1. The summed E-state index contributed by atoms with van der Waals surface area (Å²) >= 11 is 3.41. The minimum atomic E-state index is -0.389. The third-order valence-corrected chi connectivity index (χ3v) is 7.33. The van der Waals surface area contributed by atoms with Gasteiger partial charge in [0.15, 0.2) is 6.54 Å². The summed E-state index contributed by atoms with van der Waals surface area (Å²) in [5.41, 5.74) is 5.72. The fraction of sp³-hybridized carbons (Fsp3) is 0.292. The van der Waals surface area contributed by atoms with Gasteiger partial charge in [-0.15, -0.1) is 0 Å². The topological polar surface area (TPSA) is 27.3 Å². The maximum absolute atomic E-state index is 13.3. The normalized spacial score (nSPS) is 15.4. The highest BCUT2D eigenvalue weighted by Crippen LogP contribution is 2.46. The number of nitrogens with zero attached hydrogens (tertiary/aromatic N) is 2. The molecule has 0 saturated heterocycles. The Balaban J connectivity index is 1.72. The van der Waals surface area contributed by atoms with Crippen molar-refractivity contribution < 1.29 is 14.1 Å². The minimum Gasteiger partial charge on any atom is -0.395 e. The van der Waals surface area contributed by atoms with Crippen molar-refractivity contribution in [3.63, 3.8) is 0 Å². The summed E-state index contributed by atoms with van der Waals surface area (Å²) < 4.78 is 16.5. The lowest BCUT2D eigenvalue weighted by molar-refractivity contribution is -0.668. The minimum absolute atomic E-state index is 0.0974. The number of aryl methyl sites for hydroxylation is 3. The summed E-state index contributed by atoms with van der Waals surface area (Å²) in [6.07, 6.45) is 4.29. The van der Waals surface area contributed by atoms with Crippen molar-refractivity contribution in [2.45, 2.75) is 32.2 Å². The van der Waals surface area contributed by atoms with Crippen molar-refractivity contribution in [3.05, 3.63) is 69.2 Å². The van der Waals surface area contributed by atoms with Crippen LogP contribution in [0.25, 0.3) is 16.3 Å². The van der Waals surface area contributed by atoms with Gasteiger partial charge in [-0.2, -0.15) is 4.57 Å². The van der Waals surface area contributed by atoms with Crippen LogP contribution in [0, 0.1) is 13.8 Å². The molecule has 0 fully saturated rings. The highest BCUT2D eigenvalue weighted by molar-refractivity contribution is 8.03. The number of fused-ring (bicyclic) bond motifs is 2. The number of anilines is 1. The van der Waals surface area contributed by atoms with Crippen molar-refractivity contribution in [2.75, 3.05) is 24.7 Å². The van der Waals surface area contributed by atoms with Gasteiger partial charge in [0.05, 0.1) is 17.3 Å². The SMILES string of the molecule is CC(/C=C1\Sc2ccc(C)cc2N1CCO)=C\c1sc2ccc(C)cc2[n+]1CCF. The Morgan fingerprint density at radius 3 is 2.70 bits per heavy atom. The molecule has 0 atom stereocenters. The van der Waals surface area contributed by atoms with Crippen molar-refractivity contribution >= 4 is 45.1 Å². The number of aliphatic hydroxyl groups is 1. The van der Waals surface area contributed by atoms with E-state index in [1.807, 2.05) is 0 Å². The molecule has 0 amide bonds. The molecule has 0 saturated carbocycles. The first-order chi connectivity index (χ1) is 14.5. The summed E-state index contributed by atoms with van der Waals surface area (Å²) in [5, 5.41) is 11.7. The average Bonchev–Trinajstić information content (AvgIpc) is 3.20. The fourth-order valence-electron chi connectivity index (χ4n) is 3.71. The molecular formula is C24H26FN2OS2+. The molecule has 1 aliphatic rings. The van der Waals surface area contributed by atoms with E-state index in [1.54, 1.807) is 23.1 Å². The number of benzene rings is 2. The molecule has 1 aromatic heterocycles. The lowest BCUT2D eigenvalue weighted by Gasteiger charge is -2.19. The largest absolute Gasteiger partial charge is 0.395 e. The summed E-state index contributed by atoms with van der Waals surface area (Å²) in [6, 6.07) is 12.8. The van der Waals surface area contributed by atoms with Crippen molar-refractivity contribution in [1.82, 2.24) is 0 Å². The number of β-amino-alcohol motifs (C(OH)–C–C–N with tert-alkyl or cyclic N) is 1. The lowest BCUT2D eigenvalue weighted by Crippen LogP contribution is -2.36. The van der Waals surface area contributed by atoms with Crippen LogP contribution in [0.4, 0.5) is 10.1 Å². The monoisotopic (exact) mass is 441 g/mol. The number of aromatic nitrogens is 1. The molecule has 0 unspecified atom stereocenters. The Kier molecular flexibility index (Phi) is 6.27.